The number of hydrogen-bond acceptors (Lipinski definition) is 4. The maximum Gasteiger partial charge on any atom is 0.0963 e. The quantitative estimate of drug-likeness (QED) is 0.465. The fourth-order valence-corrected chi connectivity index (χ4v) is 2.09. The van der Waals surface area contributed by atoms with Gasteiger partial charge in [-0.3, -0.25) is 5.41 Å². The van der Waals surface area contributed by atoms with Crippen molar-refractivity contribution >= 4 is 5.84 Å². The molecular weight excluding hydrogens is 230 g/mol. The van der Waals surface area contributed by atoms with Crippen molar-refractivity contribution < 1.29 is 9.84 Å². The topological polar surface area (TPSA) is 82.6 Å². The fourth-order valence-electron chi connectivity index (χ4n) is 2.09. The number of ether oxygens (including phenoxy) is 1. The number of nitrogens with zero attached hydrogens (tertiary/aromatic N) is 1. The Bertz CT molecular complexity index is 261. The largest absolute Gasteiger partial charge is 0.394 e. The fraction of sp³-hybridized carbons (Fsp3) is 0.923. The molecule has 0 aromatic carbocycles. The molecule has 1 rings (SSSR count). The number of rotatable bonds is 7. The third-order valence-electron chi connectivity index (χ3n) is 3.76. The summed E-state index contributed by atoms with van der Waals surface area (Å²) in [6.45, 7) is 7.64. The number of aliphatic hydroxyl groups is 1. The van der Waals surface area contributed by atoms with Crippen LogP contribution in [0.25, 0.3) is 0 Å². The molecule has 106 valence electrons. The van der Waals surface area contributed by atoms with Crippen molar-refractivity contribution in [3.05, 3.63) is 0 Å². The van der Waals surface area contributed by atoms with Crippen molar-refractivity contribution in [3.63, 3.8) is 0 Å². The highest BCUT2D eigenvalue weighted by atomic mass is 16.5. The highest BCUT2D eigenvalue weighted by Crippen LogP contribution is 2.22. The van der Waals surface area contributed by atoms with Crippen molar-refractivity contribution in [3.8, 4) is 0 Å². The number of aliphatic hydroxyl groups excluding tert-OH is 1. The Labute approximate surface area is 110 Å². The van der Waals surface area contributed by atoms with E-state index in [1.165, 1.54) is 0 Å². The van der Waals surface area contributed by atoms with Crippen molar-refractivity contribution in [1.29, 1.82) is 5.41 Å². The van der Waals surface area contributed by atoms with Gasteiger partial charge in [-0.2, -0.15) is 0 Å². The zero-order valence-electron chi connectivity index (χ0n) is 11.6. The summed E-state index contributed by atoms with van der Waals surface area (Å²) in [5.74, 6) is 0.267. The molecular formula is C13H27N3O2. The molecule has 1 fully saturated rings. The summed E-state index contributed by atoms with van der Waals surface area (Å²) in [5.41, 5.74) is 5.38. The minimum Gasteiger partial charge on any atom is -0.394 e. The maximum atomic E-state index is 8.71. The molecule has 0 saturated carbocycles. The summed E-state index contributed by atoms with van der Waals surface area (Å²) in [6.07, 6.45) is 3.28. The molecule has 18 heavy (non-hydrogen) atoms. The highest BCUT2D eigenvalue weighted by molar-refractivity contribution is 5.82. The number of nitrogens with one attached hydrogen (secondary N) is 1. The molecule has 0 spiro atoms. The Morgan fingerprint density at radius 1 is 1.44 bits per heavy atom. The Kier molecular flexibility index (Phi) is 6.05. The van der Waals surface area contributed by atoms with Gasteiger partial charge < -0.3 is 20.5 Å². The number of nitrogens with two attached hydrogens (primary N) is 1. The van der Waals surface area contributed by atoms with E-state index in [4.69, 9.17) is 21.0 Å². The van der Waals surface area contributed by atoms with Gasteiger partial charge in [-0.05, 0) is 25.8 Å². The van der Waals surface area contributed by atoms with Crippen molar-refractivity contribution in [2.45, 2.75) is 39.2 Å². The zero-order valence-corrected chi connectivity index (χ0v) is 11.6. The molecule has 5 nitrogen and oxygen atoms in total. The summed E-state index contributed by atoms with van der Waals surface area (Å²) in [4.78, 5) is 2.41. The molecule has 1 aliphatic heterocycles. The molecule has 1 aliphatic rings. The Balaban J connectivity index is 2.21. The Morgan fingerprint density at radius 3 is 2.56 bits per heavy atom. The molecule has 0 atom stereocenters. The third kappa shape index (κ3) is 4.92. The van der Waals surface area contributed by atoms with Gasteiger partial charge in [0.1, 0.15) is 0 Å². The van der Waals surface area contributed by atoms with Crippen LogP contribution in [-0.2, 0) is 4.74 Å². The van der Waals surface area contributed by atoms with E-state index in [2.05, 4.69) is 4.90 Å². The smallest absolute Gasteiger partial charge is 0.0963 e. The van der Waals surface area contributed by atoms with Gasteiger partial charge in [0.15, 0.2) is 0 Å². The van der Waals surface area contributed by atoms with Gasteiger partial charge in [0.05, 0.1) is 25.2 Å². The lowest BCUT2D eigenvalue weighted by Crippen LogP contribution is -2.40. The summed E-state index contributed by atoms with van der Waals surface area (Å²) < 4.78 is 5.53. The van der Waals surface area contributed by atoms with E-state index in [0.717, 1.165) is 38.9 Å². The van der Waals surface area contributed by atoms with Crippen LogP contribution >= 0.6 is 0 Å². The maximum absolute atomic E-state index is 8.71. The van der Waals surface area contributed by atoms with E-state index in [1.807, 2.05) is 13.8 Å². The molecule has 4 N–H and O–H groups in total. The lowest BCUT2D eigenvalue weighted by atomic mass is 9.87. The lowest BCUT2D eigenvalue weighted by Gasteiger charge is -2.34. The van der Waals surface area contributed by atoms with Crippen molar-refractivity contribution in [2.24, 2.45) is 11.1 Å². The average Bonchev–Trinajstić information content (AvgIpc) is 2.35. The van der Waals surface area contributed by atoms with Crippen LogP contribution in [0, 0.1) is 10.8 Å². The lowest BCUT2D eigenvalue weighted by molar-refractivity contribution is -0.00856. The molecule has 0 aromatic heterocycles. The molecule has 0 amide bonds. The van der Waals surface area contributed by atoms with Crippen molar-refractivity contribution in [1.82, 2.24) is 4.90 Å². The predicted octanol–water partition coefficient (Wildman–Crippen LogP) is 0.812. The summed E-state index contributed by atoms with van der Waals surface area (Å²) >= 11 is 0. The second-order valence-corrected chi connectivity index (χ2v) is 5.68. The van der Waals surface area contributed by atoms with Crippen molar-refractivity contribution in [2.75, 3.05) is 32.8 Å². The van der Waals surface area contributed by atoms with Crippen LogP contribution in [0.4, 0.5) is 0 Å². The second-order valence-electron chi connectivity index (χ2n) is 5.68. The number of piperidine rings is 1. The molecule has 5 heteroatoms. The van der Waals surface area contributed by atoms with Crippen LogP contribution in [0.15, 0.2) is 0 Å². The van der Waals surface area contributed by atoms with E-state index < -0.39 is 0 Å². The first-order valence-corrected chi connectivity index (χ1v) is 6.75. The summed E-state index contributed by atoms with van der Waals surface area (Å²) in [6, 6.07) is 0. The monoisotopic (exact) mass is 257 g/mol. The SMILES string of the molecule is CC(C)(CCN1CCC(OCCO)CC1)C(=N)N. The van der Waals surface area contributed by atoms with E-state index in [9.17, 15) is 0 Å². The molecule has 0 aromatic rings. The third-order valence-corrected chi connectivity index (χ3v) is 3.76. The van der Waals surface area contributed by atoms with Crippen LogP contribution in [0.1, 0.15) is 33.1 Å². The molecule has 0 aliphatic carbocycles. The predicted molar refractivity (Wildman–Crippen MR) is 72.8 cm³/mol. The average molecular weight is 257 g/mol. The minimum atomic E-state index is -0.204. The van der Waals surface area contributed by atoms with Crippen LogP contribution in [0.2, 0.25) is 0 Å². The van der Waals surface area contributed by atoms with Gasteiger partial charge in [-0.1, -0.05) is 13.8 Å². The van der Waals surface area contributed by atoms with Crippen LogP contribution in [0.5, 0.6) is 0 Å². The van der Waals surface area contributed by atoms with E-state index in [-0.39, 0.29) is 17.9 Å². The van der Waals surface area contributed by atoms with Gasteiger partial charge in [0, 0.05) is 18.5 Å². The minimum absolute atomic E-state index is 0.104. The van der Waals surface area contributed by atoms with E-state index in [0.29, 0.717) is 12.7 Å². The van der Waals surface area contributed by atoms with Gasteiger partial charge in [-0.15, -0.1) is 0 Å². The van der Waals surface area contributed by atoms with Gasteiger partial charge >= 0.3 is 0 Å². The Hall–Kier alpha value is -0.650. The normalized spacial score (nSPS) is 19.1. The number of hydrogen-bond donors (Lipinski definition) is 3. The first-order chi connectivity index (χ1) is 8.45. The number of likely N-dealkylation sites (tertiary alicyclic amines) is 1. The molecule has 1 heterocycles. The zero-order chi connectivity index (χ0) is 13.6. The van der Waals surface area contributed by atoms with E-state index in [1.54, 1.807) is 0 Å². The van der Waals surface area contributed by atoms with Crippen LogP contribution in [-0.4, -0.2) is 54.8 Å². The summed E-state index contributed by atoms with van der Waals surface area (Å²) in [7, 11) is 0. The van der Waals surface area contributed by atoms with Crippen LogP contribution < -0.4 is 5.73 Å². The highest BCUT2D eigenvalue weighted by Gasteiger charge is 2.25. The van der Waals surface area contributed by atoms with Gasteiger partial charge in [0.25, 0.3) is 0 Å². The molecule has 0 bridgehead atoms. The van der Waals surface area contributed by atoms with E-state index >= 15 is 0 Å². The second kappa shape index (κ2) is 7.07. The first-order valence-electron chi connectivity index (χ1n) is 6.75. The molecule has 1 saturated heterocycles. The first kappa shape index (κ1) is 15.4. The van der Waals surface area contributed by atoms with Gasteiger partial charge in [-0.25, -0.2) is 0 Å². The molecule has 0 radical (unpaired) electrons. The number of amidine groups is 1. The Morgan fingerprint density at radius 2 is 2.06 bits per heavy atom. The van der Waals surface area contributed by atoms with Crippen LogP contribution in [0.3, 0.4) is 0 Å². The standard InChI is InChI=1S/C13H27N3O2/c1-13(2,12(14)15)5-8-16-6-3-11(4-7-16)18-10-9-17/h11,17H,3-10H2,1-2H3,(H3,14,15). The molecule has 0 unspecified atom stereocenters. The van der Waals surface area contributed by atoms with Gasteiger partial charge in [0.2, 0.25) is 0 Å². The summed E-state index contributed by atoms with van der Waals surface area (Å²) in [5, 5.41) is 16.2.